The number of hydrogen-bond acceptors (Lipinski definition) is 0. The molecule has 4 heteroatoms. The summed E-state index contributed by atoms with van der Waals surface area (Å²) in [6, 6.07) is 0. The van der Waals surface area contributed by atoms with Crippen molar-refractivity contribution in [2.24, 2.45) is 0 Å². The van der Waals surface area contributed by atoms with Gasteiger partial charge in [-0.2, -0.15) is 0 Å². The van der Waals surface area contributed by atoms with Gasteiger partial charge in [0.15, 0.2) is 0 Å². The summed E-state index contributed by atoms with van der Waals surface area (Å²) in [4.78, 5) is 0.163. The van der Waals surface area contributed by atoms with Crippen LogP contribution in [0.1, 0.15) is 0 Å². The van der Waals surface area contributed by atoms with Gasteiger partial charge in [0.05, 0.1) is 4.83 Å². The average molecular weight is 271 g/mol. The molecule has 0 N–H and O–H groups in total. The molecule has 0 aromatic heterocycles. The van der Waals surface area contributed by atoms with Crippen molar-refractivity contribution < 1.29 is 0 Å². The predicted molar refractivity (Wildman–Crippen MR) is 42.0 cm³/mol. The molecule has 0 spiro atoms. The van der Waals surface area contributed by atoms with Crippen LogP contribution in [0.4, 0.5) is 0 Å². The van der Waals surface area contributed by atoms with Crippen molar-refractivity contribution in [1.82, 2.24) is 0 Å². The first-order chi connectivity index (χ1) is 3.18. The molecule has 0 heterocycles. The Kier molecular flexibility index (Phi) is 5.39. The minimum atomic E-state index is -0.0648. The van der Waals surface area contributed by atoms with Gasteiger partial charge in [0.25, 0.3) is 0 Å². The first-order valence-electron chi connectivity index (χ1n) is 1.66. The maximum atomic E-state index is 5.51. The molecule has 0 aliphatic heterocycles. The molecule has 0 amide bonds. The molecular weight excluding hydrogens is 267 g/mol. The molecule has 0 unspecified atom stereocenters. The zero-order chi connectivity index (χ0) is 5.86. The molecule has 0 radical (unpaired) electrons. The average Bonchev–Trinajstić information content (AvgIpc) is 1.65. The van der Waals surface area contributed by atoms with Gasteiger partial charge in [-0.15, -0.1) is 23.2 Å². The van der Waals surface area contributed by atoms with Crippen LogP contribution >= 0.6 is 55.1 Å². The third kappa shape index (κ3) is 4.07. The summed E-state index contributed by atoms with van der Waals surface area (Å²) < 4.78 is -0.0648. The van der Waals surface area contributed by atoms with Crippen molar-refractivity contribution in [2.45, 2.75) is 9.11 Å². The van der Waals surface area contributed by atoms with Crippen molar-refractivity contribution in [2.75, 3.05) is 5.88 Å². The number of halogens is 4. The standard InChI is InChI=1S/C3H4Br2Cl2/c4-2(1-6)3(5)7/h2-3H,1H2/t2-,3+/m1/s1. The topological polar surface area (TPSA) is 0 Å². The SMILES string of the molecule is ClC[C@@H](Br)[C@H](Cl)Br. The van der Waals surface area contributed by atoms with E-state index in [9.17, 15) is 0 Å². The molecule has 0 rings (SSSR count). The largest absolute Gasteiger partial charge is 0.125 e. The Morgan fingerprint density at radius 1 is 1.43 bits per heavy atom. The second-order valence-corrected chi connectivity index (χ2v) is 4.47. The van der Waals surface area contributed by atoms with E-state index in [1.807, 2.05) is 0 Å². The maximum absolute atomic E-state index is 5.51. The second-order valence-electron chi connectivity index (χ2n) is 1.00. The molecule has 0 aliphatic carbocycles. The first kappa shape index (κ1) is 8.54. The Bertz CT molecular complexity index is 48.2. The van der Waals surface area contributed by atoms with Crippen LogP contribution in [0.2, 0.25) is 0 Å². The molecule has 0 fully saturated rings. The van der Waals surface area contributed by atoms with E-state index in [-0.39, 0.29) is 9.11 Å². The minimum absolute atomic E-state index is 0.0648. The summed E-state index contributed by atoms with van der Waals surface area (Å²) in [5.41, 5.74) is 0. The van der Waals surface area contributed by atoms with Crippen LogP contribution in [0.3, 0.4) is 0 Å². The van der Waals surface area contributed by atoms with E-state index in [1.165, 1.54) is 0 Å². The number of alkyl halides is 4. The Morgan fingerprint density at radius 2 is 1.86 bits per heavy atom. The van der Waals surface area contributed by atoms with Gasteiger partial charge in [-0.1, -0.05) is 31.9 Å². The van der Waals surface area contributed by atoms with Crippen LogP contribution in [0, 0.1) is 0 Å². The Morgan fingerprint density at radius 3 is 1.86 bits per heavy atom. The van der Waals surface area contributed by atoms with Crippen molar-refractivity contribution in [1.29, 1.82) is 0 Å². The summed E-state index contributed by atoms with van der Waals surface area (Å²) in [6.45, 7) is 0. The molecular formula is C3H4Br2Cl2. The molecule has 0 aliphatic rings. The van der Waals surface area contributed by atoms with E-state index >= 15 is 0 Å². The van der Waals surface area contributed by atoms with Gasteiger partial charge >= 0.3 is 0 Å². The van der Waals surface area contributed by atoms with Crippen molar-refractivity contribution in [3.8, 4) is 0 Å². The van der Waals surface area contributed by atoms with E-state index in [1.54, 1.807) is 0 Å². The first-order valence-corrected chi connectivity index (χ1v) is 4.47. The maximum Gasteiger partial charge on any atom is 0.102 e. The molecule has 0 aromatic rings. The van der Waals surface area contributed by atoms with E-state index in [0.717, 1.165) is 0 Å². The molecule has 44 valence electrons. The van der Waals surface area contributed by atoms with Gasteiger partial charge in [0.2, 0.25) is 0 Å². The summed E-state index contributed by atoms with van der Waals surface area (Å²) in [7, 11) is 0. The number of rotatable bonds is 2. The van der Waals surface area contributed by atoms with Gasteiger partial charge < -0.3 is 0 Å². The molecule has 0 saturated heterocycles. The summed E-state index contributed by atoms with van der Waals surface area (Å²) in [5, 5.41) is 0. The molecule has 7 heavy (non-hydrogen) atoms. The highest BCUT2D eigenvalue weighted by atomic mass is 79.9. The Hall–Kier alpha value is 1.54. The fraction of sp³-hybridized carbons (Fsp3) is 1.00. The fourth-order valence-electron chi connectivity index (χ4n) is 0.0673. The molecule has 2 atom stereocenters. The normalized spacial score (nSPS) is 18.9. The highest BCUT2D eigenvalue weighted by molar-refractivity contribution is 9.12. The van der Waals surface area contributed by atoms with Crippen LogP contribution in [0.25, 0.3) is 0 Å². The lowest BCUT2D eigenvalue weighted by Gasteiger charge is -2.02. The fourth-order valence-corrected chi connectivity index (χ4v) is 0.828. The van der Waals surface area contributed by atoms with E-state index in [2.05, 4.69) is 31.9 Å². The van der Waals surface area contributed by atoms with E-state index in [0.29, 0.717) is 5.88 Å². The lowest BCUT2D eigenvalue weighted by atomic mass is 10.6. The van der Waals surface area contributed by atoms with Crippen LogP contribution in [0.5, 0.6) is 0 Å². The monoisotopic (exact) mass is 268 g/mol. The van der Waals surface area contributed by atoms with Crippen molar-refractivity contribution >= 4 is 55.1 Å². The predicted octanol–water partition coefficient (Wildman–Crippen LogP) is 2.95. The van der Waals surface area contributed by atoms with E-state index < -0.39 is 0 Å². The third-order valence-corrected chi connectivity index (χ3v) is 3.93. The van der Waals surface area contributed by atoms with E-state index in [4.69, 9.17) is 23.2 Å². The molecule has 0 aromatic carbocycles. The lowest BCUT2D eigenvalue weighted by Crippen LogP contribution is -2.07. The van der Waals surface area contributed by atoms with Gasteiger partial charge in [-0.3, -0.25) is 0 Å². The Balaban J connectivity index is 3.14. The third-order valence-electron chi connectivity index (χ3n) is 0.421. The highest BCUT2D eigenvalue weighted by Gasteiger charge is 2.09. The summed E-state index contributed by atoms with van der Waals surface area (Å²) in [6.07, 6.45) is 0. The zero-order valence-corrected chi connectivity index (χ0v) is 8.06. The summed E-state index contributed by atoms with van der Waals surface area (Å²) >= 11 is 17.3. The molecule has 0 nitrogen and oxygen atoms in total. The smallest absolute Gasteiger partial charge is 0.102 e. The molecule has 0 bridgehead atoms. The van der Waals surface area contributed by atoms with Gasteiger partial charge in [0, 0.05) is 5.88 Å². The highest BCUT2D eigenvalue weighted by Crippen LogP contribution is 2.18. The minimum Gasteiger partial charge on any atom is -0.125 e. The quantitative estimate of drug-likeness (QED) is 0.677. The van der Waals surface area contributed by atoms with Crippen LogP contribution in [0.15, 0.2) is 0 Å². The second kappa shape index (κ2) is 4.42. The van der Waals surface area contributed by atoms with Gasteiger partial charge in [0.1, 0.15) is 4.29 Å². The Labute approximate surface area is 69.8 Å². The zero-order valence-electron chi connectivity index (χ0n) is 3.37. The van der Waals surface area contributed by atoms with Crippen molar-refractivity contribution in [3.05, 3.63) is 0 Å². The van der Waals surface area contributed by atoms with Gasteiger partial charge in [-0.25, -0.2) is 0 Å². The van der Waals surface area contributed by atoms with Crippen LogP contribution < -0.4 is 0 Å². The van der Waals surface area contributed by atoms with Crippen molar-refractivity contribution in [3.63, 3.8) is 0 Å². The number of hydrogen-bond donors (Lipinski definition) is 0. The summed E-state index contributed by atoms with van der Waals surface area (Å²) in [5.74, 6) is 0.527. The lowest BCUT2D eigenvalue weighted by molar-refractivity contribution is 1.12. The van der Waals surface area contributed by atoms with Gasteiger partial charge in [-0.05, 0) is 0 Å². The molecule has 0 saturated carbocycles. The van der Waals surface area contributed by atoms with Crippen LogP contribution in [-0.4, -0.2) is 15.0 Å². The van der Waals surface area contributed by atoms with Crippen LogP contribution in [-0.2, 0) is 0 Å².